The summed E-state index contributed by atoms with van der Waals surface area (Å²) < 4.78 is 4.87. The maximum absolute atomic E-state index is 10.7. The van der Waals surface area contributed by atoms with Crippen LogP contribution in [0.15, 0.2) is 18.2 Å². The molecule has 0 fully saturated rings. The van der Waals surface area contributed by atoms with Crippen LogP contribution in [0.25, 0.3) is 0 Å². The molecule has 5 heteroatoms. The number of hydrogen-bond acceptors (Lipinski definition) is 3. The van der Waals surface area contributed by atoms with E-state index in [9.17, 15) is 4.79 Å². The molecule has 1 aromatic carbocycles. The summed E-state index contributed by atoms with van der Waals surface area (Å²) in [5.41, 5.74) is 11.4. The minimum absolute atomic E-state index is 0.379. The van der Waals surface area contributed by atoms with Gasteiger partial charge in [-0.3, -0.25) is 4.79 Å². The summed E-state index contributed by atoms with van der Waals surface area (Å²) in [6, 6.07) is 4.64. The topological polar surface area (TPSA) is 78.3 Å². The lowest BCUT2D eigenvalue weighted by Crippen LogP contribution is -2.11. The highest BCUT2D eigenvalue weighted by molar-refractivity contribution is 14.1. The van der Waals surface area contributed by atoms with Gasteiger partial charge in [0.2, 0.25) is 5.91 Å². The average molecular weight is 278 g/mol. The molecule has 0 aliphatic rings. The Labute approximate surface area is 83.6 Å². The number of amides is 1. The van der Waals surface area contributed by atoms with Gasteiger partial charge in [-0.15, -0.1) is 0 Å². The van der Waals surface area contributed by atoms with Gasteiger partial charge < -0.3 is 14.5 Å². The van der Waals surface area contributed by atoms with Crippen LogP contribution >= 0.6 is 23.0 Å². The molecule has 1 rings (SSSR count). The van der Waals surface area contributed by atoms with Gasteiger partial charge in [-0.2, -0.15) is 0 Å². The van der Waals surface area contributed by atoms with Gasteiger partial charge in [-0.25, -0.2) is 0 Å². The first-order valence-electron chi connectivity index (χ1n) is 3.13. The summed E-state index contributed by atoms with van der Waals surface area (Å²) >= 11 is 1.71. The molecule has 1 amide bonds. The molecule has 4 nitrogen and oxygen atoms in total. The number of hydrogen-bond donors (Lipinski definition) is 2. The first-order chi connectivity index (χ1) is 5.65. The van der Waals surface area contributed by atoms with Crippen molar-refractivity contribution in [3.63, 3.8) is 0 Å². The van der Waals surface area contributed by atoms with E-state index in [1.165, 1.54) is 6.07 Å². The fraction of sp³-hybridized carbons (Fsp3) is 0. The number of nitrogens with two attached hydrogens (primary N) is 2. The number of nitrogen functional groups attached to an aromatic ring is 1. The van der Waals surface area contributed by atoms with Crippen LogP contribution < -0.4 is 14.5 Å². The molecule has 0 saturated heterocycles. The highest BCUT2D eigenvalue weighted by atomic mass is 127. The van der Waals surface area contributed by atoms with E-state index < -0.39 is 5.91 Å². The van der Waals surface area contributed by atoms with E-state index in [0.29, 0.717) is 17.0 Å². The molecule has 0 radical (unpaired) electrons. The van der Waals surface area contributed by atoms with Crippen molar-refractivity contribution in [2.75, 3.05) is 5.73 Å². The fourth-order valence-electron chi connectivity index (χ4n) is 0.772. The lowest BCUT2D eigenvalue weighted by molar-refractivity contribution is 0.100. The van der Waals surface area contributed by atoms with Crippen LogP contribution in [0.1, 0.15) is 10.4 Å². The lowest BCUT2D eigenvalue weighted by atomic mass is 10.2. The molecule has 0 heterocycles. The summed E-state index contributed by atoms with van der Waals surface area (Å²) in [7, 11) is 0. The van der Waals surface area contributed by atoms with Crippen molar-refractivity contribution >= 4 is 34.6 Å². The minimum Gasteiger partial charge on any atom is -0.425 e. The van der Waals surface area contributed by atoms with Crippen LogP contribution in [0.4, 0.5) is 5.69 Å². The summed E-state index contributed by atoms with van der Waals surface area (Å²) in [4.78, 5) is 10.7. The second-order valence-corrected chi connectivity index (χ2v) is 2.63. The van der Waals surface area contributed by atoms with E-state index >= 15 is 0 Å². The van der Waals surface area contributed by atoms with Gasteiger partial charge in [0.25, 0.3) is 0 Å². The van der Waals surface area contributed by atoms with Crippen LogP contribution in [0.2, 0.25) is 0 Å². The molecular weight excluding hydrogens is 271 g/mol. The summed E-state index contributed by atoms with van der Waals surface area (Å²) in [5.74, 6) is 0.0299. The smallest absolute Gasteiger partial charge is 0.248 e. The van der Waals surface area contributed by atoms with Gasteiger partial charge in [-0.05, 0) is 18.2 Å². The van der Waals surface area contributed by atoms with Crippen LogP contribution in [0.3, 0.4) is 0 Å². The van der Waals surface area contributed by atoms with Crippen LogP contribution in [0.5, 0.6) is 5.75 Å². The highest BCUT2D eigenvalue weighted by Crippen LogP contribution is 2.23. The Morgan fingerprint density at radius 2 is 2.17 bits per heavy atom. The molecule has 12 heavy (non-hydrogen) atoms. The van der Waals surface area contributed by atoms with E-state index in [4.69, 9.17) is 14.5 Å². The van der Waals surface area contributed by atoms with Gasteiger partial charge in [0, 0.05) is 5.56 Å². The summed E-state index contributed by atoms with van der Waals surface area (Å²) in [5, 5.41) is 0. The van der Waals surface area contributed by atoms with Crippen molar-refractivity contribution in [1.82, 2.24) is 0 Å². The molecule has 64 valence electrons. The second-order valence-electron chi connectivity index (χ2n) is 2.19. The molecule has 0 aliphatic carbocycles. The number of carbonyl (C=O) groups excluding carboxylic acids is 1. The molecule has 1 aromatic rings. The third-order valence-corrected chi connectivity index (χ3v) is 1.85. The normalized spacial score (nSPS) is 9.42. The SMILES string of the molecule is NC(=O)c1ccc(OI)c(N)c1. The zero-order chi connectivity index (χ0) is 9.14. The Morgan fingerprint density at radius 3 is 2.58 bits per heavy atom. The van der Waals surface area contributed by atoms with Crippen LogP contribution in [-0.4, -0.2) is 5.91 Å². The first kappa shape index (κ1) is 9.11. The number of halogens is 1. The standard InChI is InChI=1S/C7H7IN2O2/c8-12-6-2-1-4(7(10)11)3-5(6)9/h1-3H,9H2,(H2,10,11). The zero-order valence-corrected chi connectivity index (χ0v) is 8.24. The van der Waals surface area contributed by atoms with Crippen molar-refractivity contribution in [3.8, 4) is 5.75 Å². The molecule has 0 unspecified atom stereocenters. The molecule has 0 aliphatic heterocycles. The van der Waals surface area contributed by atoms with Crippen molar-refractivity contribution < 1.29 is 7.86 Å². The zero-order valence-electron chi connectivity index (χ0n) is 6.08. The number of rotatable bonds is 2. The Kier molecular flexibility index (Phi) is 2.74. The second kappa shape index (κ2) is 3.61. The van der Waals surface area contributed by atoms with Gasteiger partial charge in [-0.1, -0.05) is 0 Å². The number of primary amides is 1. The number of benzene rings is 1. The molecule has 0 aromatic heterocycles. The molecule has 4 N–H and O–H groups in total. The average Bonchev–Trinajstić information content (AvgIpc) is 2.04. The minimum atomic E-state index is -0.498. The van der Waals surface area contributed by atoms with E-state index in [2.05, 4.69) is 0 Å². The Bertz CT molecular complexity index is 314. The molecule has 0 spiro atoms. The van der Waals surface area contributed by atoms with Crippen molar-refractivity contribution in [3.05, 3.63) is 23.8 Å². The third kappa shape index (κ3) is 1.79. The van der Waals surface area contributed by atoms with Crippen LogP contribution in [-0.2, 0) is 0 Å². The molecule has 0 atom stereocenters. The Balaban J connectivity index is 3.10. The third-order valence-electron chi connectivity index (χ3n) is 1.38. The van der Waals surface area contributed by atoms with Crippen LogP contribution in [0, 0.1) is 0 Å². The fourth-order valence-corrected chi connectivity index (χ4v) is 1.17. The van der Waals surface area contributed by atoms with Gasteiger partial charge in [0.1, 0.15) is 0 Å². The van der Waals surface area contributed by atoms with Gasteiger partial charge in [0.15, 0.2) is 28.8 Å². The maximum atomic E-state index is 10.7. The highest BCUT2D eigenvalue weighted by Gasteiger charge is 2.04. The number of anilines is 1. The summed E-state index contributed by atoms with van der Waals surface area (Å²) in [6.45, 7) is 0. The quantitative estimate of drug-likeness (QED) is 0.628. The predicted molar refractivity (Wildman–Crippen MR) is 54.0 cm³/mol. The predicted octanol–water partition coefficient (Wildman–Crippen LogP) is 1.10. The first-order valence-corrected chi connectivity index (χ1v) is 4.01. The van der Waals surface area contributed by atoms with Crippen molar-refractivity contribution in [1.29, 1.82) is 0 Å². The largest absolute Gasteiger partial charge is 0.425 e. The lowest BCUT2D eigenvalue weighted by Gasteiger charge is -2.02. The van der Waals surface area contributed by atoms with E-state index in [1.54, 1.807) is 35.1 Å². The number of carbonyl (C=O) groups is 1. The monoisotopic (exact) mass is 278 g/mol. The van der Waals surface area contributed by atoms with Crippen molar-refractivity contribution in [2.24, 2.45) is 5.73 Å². The van der Waals surface area contributed by atoms with Crippen molar-refractivity contribution in [2.45, 2.75) is 0 Å². The van der Waals surface area contributed by atoms with Gasteiger partial charge >= 0.3 is 0 Å². The summed E-state index contributed by atoms with van der Waals surface area (Å²) in [6.07, 6.45) is 0. The van der Waals surface area contributed by atoms with E-state index in [0.717, 1.165) is 0 Å². The van der Waals surface area contributed by atoms with E-state index in [1.807, 2.05) is 0 Å². The van der Waals surface area contributed by atoms with E-state index in [-0.39, 0.29) is 0 Å². The Morgan fingerprint density at radius 1 is 1.50 bits per heavy atom. The van der Waals surface area contributed by atoms with Gasteiger partial charge in [0.05, 0.1) is 5.69 Å². The molecular formula is C7H7IN2O2. The Hall–Kier alpha value is -0.980. The maximum Gasteiger partial charge on any atom is 0.248 e. The molecule has 0 bridgehead atoms. The molecule has 0 saturated carbocycles.